The molecule has 1 saturated heterocycles. The van der Waals surface area contributed by atoms with E-state index in [1.54, 1.807) is 0 Å². The summed E-state index contributed by atoms with van der Waals surface area (Å²) in [5, 5.41) is 0. The van der Waals surface area contributed by atoms with Crippen molar-refractivity contribution in [2.24, 2.45) is 5.73 Å². The maximum Gasteiger partial charge on any atom is 0.0312 e. The maximum absolute atomic E-state index is 6.74. The Morgan fingerprint density at radius 2 is 1.79 bits per heavy atom. The first kappa shape index (κ1) is 13.1. The van der Waals surface area contributed by atoms with E-state index < -0.39 is 0 Å². The normalized spacial score (nSPS) is 27.5. The molecular formula is C17H26N2. The van der Waals surface area contributed by atoms with Crippen molar-refractivity contribution in [3.63, 3.8) is 0 Å². The van der Waals surface area contributed by atoms with Crippen LogP contribution in [0.5, 0.6) is 0 Å². The summed E-state index contributed by atoms with van der Waals surface area (Å²) in [6.07, 6.45) is 9.09. The Hall–Kier alpha value is -0.860. The Balaban J connectivity index is 1.74. The molecule has 104 valence electrons. The van der Waals surface area contributed by atoms with Gasteiger partial charge in [0, 0.05) is 18.1 Å². The number of nitrogens with two attached hydrogens (primary N) is 1. The molecule has 0 bridgehead atoms. The molecule has 0 amide bonds. The van der Waals surface area contributed by atoms with Gasteiger partial charge in [0.2, 0.25) is 0 Å². The highest BCUT2D eigenvalue weighted by atomic mass is 15.2. The minimum Gasteiger partial charge on any atom is -0.324 e. The van der Waals surface area contributed by atoms with E-state index in [-0.39, 0.29) is 5.54 Å². The number of hydrogen-bond donors (Lipinski definition) is 1. The molecule has 0 aromatic heterocycles. The second kappa shape index (κ2) is 5.64. The number of benzene rings is 1. The average Bonchev–Trinajstić information content (AvgIpc) is 2.88. The quantitative estimate of drug-likeness (QED) is 0.901. The smallest absolute Gasteiger partial charge is 0.0312 e. The van der Waals surface area contributed by atoms with Gasteiger partial charge >= 0.3 is 0 Å². The predicted octanol–water partition coefficient (Wildman–Crippen LogP) is 3.31. The molecule has 2 heteroatoms. The van der Waals surface area contributed by atoms with Crippen LogP contribution in [0.3, 0.4) is 0 Å². The molecule has 2 aliphatic rings. The number of rotatable bonds is 3. The van der Waals surface area contributed by atoms with Crippen LogP contribution in [0.2, 0.25) is 0 Å². The fourth-order valence-corrected chi connectivity index (χ4v) is 4.02. The predicted molar refractivity (Wildman–Crippen MR) is 79.9 cm³/mol. The molecule has 0 spiro atoms. The average molecular weight is 258 g/mol. The lowest BCUT2D eigenvalue weighted by Crippen LogP contribution is -2.58. The first-order valence-corrected chi connectivity index (χ1v) is 7.85. The number of piperidine rings is 1. The summed E-state index contributed by atoms with van der Waals surface area (Å²) in [4.78, 5) is 2.66. The van der Waals surface area contributed by atoms with E-state index in [2.05, 4.69) is 35.2 Å². The highest BCUT2D eigenvalue weighted by Gasteiger charge is 2.41. The minimum absolute atomic E-state index is 0.0925. The summed E-state index contributed by atoms with van der Waals surface area (Å²) < 4.78 is 0. The molecule has 2 nitrogen and oxygen atoms in total. The number of likely N-dealkylation sites (tertiary alicyclic amines) is 1. The van der Waals surface area contributed by atoms with Crippen LogP contribution in [-0.4, -0.2) is 23.0 Å². The van der Waals surface area contributed by atoms with E-state index in [1.165, 1.54) is 57.1 Å². The van der Waals surface area contributed by atoms with Crippen LogP contribution >= 0.6 is 0 Å². The van der Waals surface area contributed by atoms with Gasteiger partial charge in [-0.05, 0) is 37.8 Å². The molecule has 19 heavy (non-hydrogen) atoms. The molecule has 1 saturated carbocycles. The summed E-state index contributed by atoms with van der Waals surface area (Å²) in [5.41, 5.74) is 8.26. The maximum atomic E-state index is 6.74. The van der Waals surface area contributed by atoms with Gasteiger partial charge in [0.05, 0.1) is 0 Å². The standard InChI is InChI=1S/C17H26N2/c18-17(11-5-6-12-17)16-10-4-7-13-19(16)14-15-8-2-1-3-9-15/h1-3,8-9,16H,4-7,10-14,18H2. The van der Waals surface area contributed by atoms with Crippen molar-refractivity contribution >= 4 is 0 Å². The zero-order chi connectivity index (χ0) is 13.1. The summed E-state index contributed by atoms with van der Waals surface area (Å²) in [5.74, 6) is 0. The molecular weight excluding hydrogens is 232 g/mol. The van der Waals surface area contributed by atoms with Crippen molar-refractivity contribution in [3.8, 4) is 0 Å². The van der Waals surface area contributed by atoms with Crippen LogP contribution in [0.4, 0.5) is 0 Å². The molecule has 1 unspecified atom stereocenters. The third kappa shape index (κ3) is 2.85. The molecule has 1 heterocycles. The lowest BCUT2D eigenvalue weighted by atomic mass is 9.82. The summed E-state index contributed by atoms with van der Waals surface area (Å²) in [7, 11) is 0. The van der Waals surface area contributed by atoms with Crippen molar-refractivity contribution in [1.29, 1.82) is 0 Å². The largest absolute Gasteiger partial charge is 0.324 e. The van der Waals surface area contributed by atoms with Crippen molar-refractivity contribution in [3.05, 3.63) is 35.9 Å². The molecule has 0 radical (unpaired) electrons. The second-order valence-corrected chi connectivity index (χ2v) is 6.41. The zero-order valence-electron chi connectivity index (χ0n) is 11.9. The van der Waals surface area contributed by atoms with Gasteiger partial charge in [-0.1, -0.05) is 49.6 Å². The van der Waals surface area contributed by atoms with E-state index in [0.29, 0.717) is 6.04 Å². The third-order valence-corrected chi connectivity index (χ3v) is 5.04. The van der Waals surface area contributed by atoms with Crippen molar-refractivity contribution in [1.82, 2.24) is 4.90 Å². The van der Waals surface area contributed by atoms with E-state index in [9.17, 15) is 0 Å². The van der Waals surface area contributed by atoms with Gasteiger partial charge in [0.15, 0.2) is 0 Å². The van der Waals surface area contributed by atoms with Gasteiger partial charge in [0.1, 0.15) is 0 Å². The van der Waals surface area contributed by atoms with Crippen LogP contribution in [0.25, 0.3) is 0 Å². The fraction of sp³-hybridized carbons (Fsp3) is 0.647. The van der Waals surface area contributed by atoms with Crippen LogP contribution in [-0.2, 0) is 6.54 Å². The van der Waals surface area contributed by atoms with E-state index >= 15 is 0 Å². The van der Waals surface area contributed by atoms with Crippen LogP contribution in [0.15, 0.2) is 30.3 Å². The summed E-state index contributed by atoms with van der Waals surface area (Å²) in [6.45, 7) is 2.29. The molecule has 3 rings (SSSR count). The van der Waals surface area contributed by atoms with Gasteiger partial charge < -0.3 is 5.73 Å². The second-order valence-electron chi connectivity index (χ2n) is 6.41. The van der Waals surface area contributed by atoms with Crippen molar-refractivity contribution in [2.75, 3.05) is 6.54 Å². The van der Waals surface area contributed by atoms with Gasteiger partial charge in [0.25, 0.3) is 0 Å². The first-order valence-electron chi connectivity index (χ1n) is 7.85. The molecule has 2 N–H and O–H groups in total. The molecule has 1 aliphatic carbocycles. The highest BCUT2D eigenvalue weighted by Crippen LogP contribution is 2.37. The van der Waals surface area contributed by atoms with Crippen molar-refractivity contribution in [2.45, 2.75) is 63.1 Å². The molecule has 1 atom stereocenters. The van der Waals surface area contributed by atoms with Gasteiger partial charge in [-0.2, -0.15) is 0 Å². The fourth-order valence-electron chi connectivity index (χ4n) is 4.02. The van der Waals surface area contributed by atoms with Gasteiger partial charge in [-0.3, -0.25) is 4.90 Å². The number of nitrogens with zero attached hydrogens (tertiary/aromatic N) is 1. The Kier molecular flexibility index (Phi) is 3.90. The Labute approximate surface area is 117 Å². The van der Waals surface area contributed by atoms with Gasteiger partial charge in [-0.15, -0.1) is 0 Å². The van der Waals surface area contributed by atoms with E-state index in [0.717, 1.165) is 6.54 Å². The van der Waals surface area contributed by atoms with Crippen molar-refractivity contribution < 1.29 is 0 Å². The minimum atomic E-state index is 0.0925. The van der Waals surface area contributed by atoms with E-state index in [1.807, 2.05) is 0 Å². The van der Waals surface area contributed by atoms with Crippen LogP contribution < -0.4 is 5.73 Å². The van der Waals surface area contributed by atoms with Gasteiger partial charge in [-0.25, -0.2) is 0 Å². The van der Waals surface area contributed by atoms with Crippen LogP contribution in [0.1, 0.15) is 50.5 Å². The first-order chi connectivity index (χ1) is 9.28. The van der Waals surface area contributed by atoms with Crippen LogP contribution in [0, 0.1) is 0 Å². The number of hydrogen-bond acceptors (Lipinski definition) is 2. The monoisotopic (exact) mass is 258 g/mol. The molecule has 1 aromatic rings. The zero-order valence-corrected chi connectivity index (χ0v) is 11.9. The SMILES string of the molecule is NC1(C2CCCCN2Cc2ccccc2)CCCC1. The summed E-state index contributed by atoms with van der Waals surface area (Å²) >= 11 is 0. The Bertz CT molecular complexity index is 395. The lowest BCUT2D eigenvalue weighted by Gasteiger charge is -2.45. The topological polar surface area (TPSA) is 29.3 Å². The Morgan fingerprint density at radius 1 is 1.05 bits per heavy atom. The highest BCUT2D eigenvalue weighted by molar-refractivity contribution is 5.15. The van der Waals surface area contributed by atoms with E-state index in [4.69, 9.17) is 5.73 Å². The summed E-state index contributed by atoms with van der Waals surface area (Å²) in [6, 6.07) is 11.5. The Morgan fingerprint density at radius 3 is 2.53 bits per heavy atom. The third-order valence-electron chi connectivity index (χ3n) is 5.04. The lowest BCUT2D eigenvalue weighted by molar-refractivity contribution is 0.0763. The molecule has 2 fully saturated rings. The molecule has 1 aromatic carbocycles. The molecule has 1 aliphatic heterocycles.